The van der Waals surface area contributed by atoms with Crippen molar-refractivity contribution in [2.24, 2.45) is 0 Å². The average Bonchev–Trinajstić information content (AvgIpc) is 2.82. The molecule has 0 bridgehead atoms. The third kappa shape index (κ3) is 1.94. The van der Waals surface area contributed by atoms with Crippen LogP contribution in [0.15, 0.2) is 22.8 Å². The van der Waals surface area contributed by atoms with E-state index in [1.54, 1.807) is 0 Å². The van der Waals surface area contributed by atoms with E-state index in [0.29, 0.717) is 0 Å². The lowest BCUT2D eigenvalue weighted by Gasteiger charge is -2.23. The van der Waals surface area contributed by atoms with Crippen molar-refractivity contribution in [3.05, 3.63) is 28.4 Å². The third-order valence-corrected chi connectivity index (χ3v) is 3.72. The molecule has 92 valence electrons. The first kappa shape index (κ1) is 11.8. The van der Waals surface area contributed by atoms with Crippen LogP contribution in [0.2, 0.25) is 0 Å². The lowest BCUT2D eigenvalue weighted by Crippen LogP contribution is -2.18. The molecule has 4 heteroatoms. The second kappa shape index (κ2) is 4.75. The first-order chi connectivity index (χ1) is 8.79. The molecule has 2 aromatic rings. The zero-order chi connectivity index (χ0) is 12.5. The van der Waals surface area contributed by atoms with Crippen molar-refractivity contribution in [2.75, 3.05) is 6.61 Å². The average molecular weight is 305 g/mol. The Hall–Kier alpha value is -1.31. The fourth-order valence-corrected chi connectivity index (χ4v) is 2.82. The zero-order valence-corrected chi connectivity index (χ0v) is 11.5. The molecule has 1 aliphatic rings. The van der Waals surface area contributed by atoms with Crippen molar-refractivity contribution >= 4 is 26.8 Å². The number of terminal acetylenes is 1. The van der Waals surface area contributed by atoms with Crippen molar-refractivity contribution in [3.63, 3.8) is 0 Å². The van der Waals surface area contributed by atoms with Crippen molar-refractivity contribution in [1.29, 1.82) is 0 Å². The SMILES string of the molecule is C#Cc1cc(Br)cc2c1cnn2C1CCCCO1. The Kier molecular flexibility index (Phi) is 3.11. The number of nitrogens with zero attached hydrogens (tertiary/aromatic N) is 2. The summed E-state index contributed by atoms with van der Waals surface area (Å²) in [5, 5.41) is 5.45. The van der Waals surface area contributed by atoms with Gasteiger partial charge in [-0.3, -0.25) is 0 Å². The van der Waals surface area contributed by atoms with Gasteiger partial charge in [0.1, 0.15) is 0 Å². The molecule has 0 radical (unpaired) electrons. The van der Waals surface area contributed by atoms with Gasteiger partial charge in [-0.15, -0.1) is 6.42 Å². The van der Waals surface area contributed by atoms with Crippen molar-refractivity contribution in [3.8, 4) is 12.3 Å². The van der Waals surface area contributed by atoms with Crippen LogP contribution in [0.4, 0.5) is 0 Å². The van der Waals surface area contributed by atoms with Crippen LogP contribution < -0.4 is 0 Å². The highest BCUT2D eigenvalue weighted by Gasteiger charge is 2.19. The van der Waals surface area contributed by atoms with Gasteiger partial charge in [0.2, 0.25) is 0 Å². The van der Waals surface area contributed by atoms with Gasteiger partial charge >= 0.3 is 0 Å². The number of ether oxygens (including phenoxy) is 1. The normalized spacial score (nSPS) is 19.9. The topological polar surface area (TPSA) is 27.1 Å². The van der Waals surface area contributed by atoms with Gasteiger partial charge < -0.3 is 4.74 Å². The molecule has 3 rings (SSSR count). The molecule has 1 aromatic carbocycles. The first-order valence-corrected chi connectivity index (χ1v) is 6.84. The van der Waals surface area contributed by atoms with Crippen LogP contribution in [-0.4, -0.2) is 16.4 Å². The highest BCUT2D eigenvalue weighted by Crippen LogP contribution is 2.29. The van der Waals surface area contributed by atoms with Crippen LogP contribution in [0.5, 0.6) is 0 Å². The van der Waals surface area contributed by atoms with Gasteiger partial charge in [-0.05, 0) is 31.4 Å². The molecule has 1 fully saturated rings. The maximum absolute atomic E-state index is 5.78. The fraction of sp³-hybridized carbons (Fsp3) is 0.357. The summed E-state index contributed by atoms with van der Waals surface area (Å²) in [5.41, 5.74) is 1.89. The summed E-state index contributed by atoms with van der Waals surface area (Å²) in [6.07, 6.45) is 10.7. The molecule has 1 saturated heterocycles. The number of hydrogen-bond donors (Lipinski definition) is 0. The standard InChI is InChI=1S/C14H13BrN2O/c1-2-10-7-11(15)8-13-12(10)9-16-17(13)14-5-3-4-6-18-14/h1,7-9,14H,3-6H2. The molecule has 0 N–H and O–H groups in total. The predicted octanol–water partition coefficient (Wildman–Crippen LogP) is 3.48. The van der Waals surface area contributed by atoms with Gasteiger partial charge in [-0.1, -0.05) is 21.9 Å². The van der Waals surface area contributed by atoms with Crippen LogP contribution in [0.25, 0.3) is 10.9 Å². The summed E-state index contributed by atoms with van der Waals surface area (Å²) in [6.45, 7) is 0.808. The Morgan fingerprint density at radius 3 is 3.06 bits per heavy atom. The van der Waals surface area contributed by atoms with Gasteiger partial charge in [0.15, 0.2) is 6.23 Å². The summed E-state index contributed by atoms with van der Waals surface area (Å²) >= 11 is 3.49. The van der Waals surface area contributed by atoms with E-state index < -0.39 is 0 Å². The molecule has 1 atom stereocenters. The molecule has 0 aliphatic carbocycles. The molecule has 18 heavy (non-hydrogen) atoms. The lowest BCUT2D eigenvalue weighted by molar-refractivity contribution is -0.0366. The number of halogens is 1. The van der Waals surface area contributed by atoms with Crippen molar-refractivity contribution in [1.82, 2.24) is 9.78 Å². The summed E-state index contributed by atoms with van der Waals surface area (Å²) < 4.78 is 8.69. The van der Waals surface area contributed by atoms with Gasteiger partial charge in [-0.2, -0.15) is 5.10 Å². The molecule has 1 unspecified atom stereocenters. The molecule has 2 heterocycles. The number of rotatable bonds is 1. The minimum absolute atomic E-state index is 0.0381. The van der Waals surface area contributed by atoms with Crippen molar-refractivity contribution in [2.45, 2.75) is 25.5 Å². The maximum atomic E-state index is 5.78. The largest absolute Gasteiger partial charge is 0.356 e. The Bertz CT molecular complexity index is 620. The van der Waals surface area contributed by atoms with E-state index in [4.69, 9.17) is 11.2 Å². The second-order valence-corrected chi connectivity index (χ2v) is 5.36. The summed E-state index contributed by atoms with van der Waals surface area (Å²) in [5.74, 6) is 2.70. The zero-order valence-electron chi connectivity index (χ0n) is 9.90. The highest BCUT2D eigenvalue weighted by molar-refractivity contribution is 9.10. The van der Waals surface area contributed by atoms with E-state index in [-0.39, 0.29) is 6.23 Å². The number of hydrogen-bond acceptors (Lipinski definition) is 2. The maximum Gasteiger partial charge on any atom is 0.150 e. The quantitative estimate of drug-likeness (QED) is 0.754. The van der Waals surface area contributed by atoms with Crippen molar-refractivity contribution < 1.29 is 4.74 Å². The minimum Gasteiger partial charge on any atom is -0.356 e. The molecular formula is C14H13BrN2O. The van der Waals surface area contributed by atoms with E-state index in [1.807, 2.05) is 23.0 Å². The minimum atomic E-state index is 0.0381. The molecular weight excluding hydrogens is 292 g/mol. The van der Waals surface area contributed by atoms with E-state index in [9.17, 15) is 0 Å². The number of fused-ring (bicyclic) bond motifs is 1. The van der Waals surface area contributed by atoms with E-state index in [1.165, 1.54) is 6.42 Å². The van der Waals surface area contributed by atoms with E-state index >= 15 is 0 Å². The summed E-state index contributed by atoms with van der Waals surface area (Å²) in [4.78, 5) is 0. The Morgan fingerprint density at radius 2 is 2.33 bits per heavy atom. The van der Waals surface area contributed by atoms with Gasteiger partial charge in [0.05, 0.1) is 11.7 Å². The second-order valence-electron chi connectivity index (χ2n) is 4.44. The van der Waals surface area contributed by atoms with E-state index in [0.717, 1.165) is 40.4 Å². The molecule has 1 aliphatic heterocycles. The molecule has 1 aromatic heterocycles. The first-order valence-electron chi connectivity index (χ1n) is 6.04. The number of benzene rings is 1. The monoisotopic (exact) mass is 304 g/mol. The summed E-state index contributed by atoms with van der Waals surface area (Å²) in [6, 6.07) is 3.98. The third-order valence-electron chi connectivity index (χ3n) is 3.26. The van der Waals surface area contributed by atoms with Gasteiger partial charge in [0.25, 0.3) is 0 Å². The smallest absolute Gasteiger partial charge is 0.150 e. The van der Waals surface area contributed by atoms with Crippen LogP contribution in [0.3, 0.4) is 0 Å². The van der Waals surface area contributed by atoms with Crippen LogP contribution in [-0.2, 0) is 4.74 Å². The van der Waals surface area contributed by atoms with Gasteiger partial charge in [0, 0.05) is 22.0 Å². The Morgan fingerprint density at radius 1 is 1.44 bits per heavy atom. The predicted molar refractivity (Wildman–Crippen MR) is 74.2 cm³/mol. The van der Waals surface area contributed by atoms with E-state index in [2.05, 4.69) is 26.9 Å². The van der Waals surface area contributed by atoms with Crippen LogP contribution >= 0.6 is 15.9 Å². The Balaban J connectivity index is 2.13. The molecule has 3 nitrogen and oxygen atoms in total. The Labute approximate surface area is 114 Å². The van der Waals surface area contributed by atoms with Crippen LogP contribution in [0, 0.1) is 12.3 Å². The summed E-state index contributed by atoms with van der Waals surface area (Å²) in [7, 11) is 0. The lowest BCUT2D eigenvalue weighted by atomic mass is 10.1. The highest BCUT2D eigenvalue weighted by atomic mass is 79.9. The fourth-order valence-electron chi connectivity index (χ4n) is 2.38. The van der Waals surface area contributed by atoms with Crippen LogP contribution in [0.1, 0.15) is 31.1 Å². The number of aromatic nitrogens is 2. The molecule has 0 saturated carbocycles. The molecule has 0 spiro atoms. The van der Waals surface area contributed by atoms with Gasteiger partial charge in [-0.25, -0.2) is 4.68 Å². The molecule has 0 amide bonds.